The van der Waals surface area contributed by atoms with E-state index in [-0.39, 0.29) is 32.3 Å². The zero-order valence-electron chi connectivity index (χ0n) is 34.4. The second-order valence-electron chi connectivity index (χ2n) is 13.8. The van der Waals surface area contributed by atoms with E-state index in [1.54, 1.807) is 0 Å². The Labute approximate surface area is 331 Å². The van der Waals surface area contributed by atoms with E-state index in [0.717, 1.165) is 89.9 Å². The van der Waals surface area contributed by atoms with Gasteiger partial charge in [0, 0.05) is 19.6 Å². The van der Waals surface area contributed by atoms with Gasteiger partial charge in [-0.1, -0.05) is 151 Å². The summed E-state index contributed by atoms with van der Waals surface area (Å²) >= 11 is 0. The highest BCUT2D eigenvalue weighted by molar-refractivity contribution is 7.47. The quantitative estimate of drug-likeness (QED) is 0.0273. The van der Waals surface area contributed by atoms with E-state index in [0.29, 0.717) is 13.0 Å². The van der Waals surface area contributed by atoms with Crippen LogP contribution in [0.1, 0.15) is 168 Å². The van der Waals surface area contributed by atoms with E-state index in [4.69, 9.17) is 24.3 Å². The van der Waals surface area contributed by atoms with Crippen molar-refractivity contribution in [3.8, 4) is 0 Å². The molecular formula is C45H80NO7P. The Balaban J connectivity index is 4.10. The van der Waals surface area contributed by atoms with Crippen molar-refractivity contribution in [1.82, 2.24) is 0 Å². The highest BCUT2D eigenvalue weighted by atomic mass is 31.2. The Morgan fingerprint density at radius 1 is 0.574 bits per heavy atom. The fraction of sp³-hybridized carbons (Fsp3) is 0.711. The molecule has 8 nitrogen and oxygen atoms in total. The van der Waals surface area contributed by atoms with Crippen molar-refractivity contribution in [3.05, 3.63) is 72.9 Å². The first-order valence-corrected chi connectivity index (χ1v) is 22.9. The second-order valence-corrected chi connectivity index (χ2v) is 15.3. The number of phosphoric acid groups is 1. The first-order valence-electron chi connectivity index (χ1n) is 21.4. The van der Waals surface area contributed by atoms with Gasteiger partial charge in [0.25, 0.3) is 0 Å². The maximum Gasteiger partial charge on any atom is 0.472 e. The standard InChI is InChI=1S/C45H80NO7P/c1-3-5-7-9-11-13-15-17-19-21-22-23-24-26-28-30-32-34-36-38-45(47)53-44(43-52-54(48,49)51-41-39-46)42-50-40-37-35-33-31-29-27-25-20-18-16-14-12-10-8-6-4-2/h6,8,11-14,17-20,22-23,44H,3-5,7,9-10,15-16,21,24-43,46H2,1-2H3,(H,48,49)/b8-6-,13-11-,14-12-,19-17-,20-18-,23-22-. The predicted molar refractivity (Wildman–Crippen MR) is 228 cm³/mol. The van der Waals surface area contributed by atoms with Crippen LogP contribution in [0.2, 0.25) is 0 Å². The van der Waals surface area contributed by atoms with Crippen LogP contribution in [0, 0.1) is 0 Å². The van der Waals surface area contributed by atoms with Gasteiger partial charge in [-0.15, -0.1) is 0 Å². The van der Waals surface area contributed by atoms with E-state index in [1.807, 2.05) is 0 Å². The average molecular weight is 778 g/mol. The minimum atomic E-state index is -4.29. The Morgan fingerprint density at radius 3 is 1.56 bits per heavy atom. The molecule has 0 amide bonds. The molecule has 0 spiro atoms. The molecule has 0 aliphatic rings. The third kappa shape index (κ3) is 41.1. The molecule has 0 aromatic heterocycles. The van der Waals surface area contributed by atoms with Crippen molar-refractivity contribution in [2.24, 2.45) is 5.73 Å². The SMILES string of the molecule is CC/C=C\C/C=C\C/C=C\CCCCCCCCOCC(COP(=O)(O)OCCN)OC(=O)CCCCCCCC/C=C\C/C=C\C/C=C\CCCCC. The van der Waals surface area contributed by atoms with Gasteiger partial charge in [-0.3, -0.25) is 13.8 Å². The number of carbonyl (C=O) groups is 1. The van der Waals surface area contributed by atoms with Gasteiger partial charge in [0.2, 0.25) is 0 Å². The van der Waals surface area contributed by atoms with Gasteiger partial charge in [-0.05, 0) is 83.5 Å². The van der Waals surface area contributed by atoms with E-state index >= 15 is 0 Å². The van der Waals surface area contributed by atoms with Gasteiger partial charge in [0.1, 0.15) is 6.10 Å². The lowest BCUT2D eigenvalue weighted by Crippen LogP contribution is -2.28. The number of hydrogen-bond acceptors (Lipinski definition) is 7. The Kier molecular flexibility index (Phi) is 40.5. The topological polar surface area (TPSA) is 117 Å². The third-order valence-corrected chi connectivity index (χ3v) is 9.59. The number of carbonyl (C=O) groups excluding carboxylic acids is 1. The van der Waals surface area contributed by atoms with E-state index in [1.165, 1.54) is 57.8 Å². The van der Waals surface area contributed by atoms with E-state index < -0.39 is 13.9 Å². The van der Waals surface area contributed by atoms with Crippen molar-refractivity contribution < 1.29 is 32.8 Å². The van der Waals surface area contributed by atoms with Crippen LogP contribution in [0.25, 0.3) is 0 Å². The van der Waals surface area contributed by atoms with Crippen LogP contribution in [0.3, 0.4) is 0 Å². The van der Waals surface area contributed by atoms with Gasteiger partial charge in [0.15, 0.2) is 0 Å². The molecule has 0 fully saturated rings. The van der Waals surface area contributed by atoms with Crippen molar-refractivity contribution in [3.63, 3.8) is 0 Å². The Bertz CT molecular complexity index is 1050. The lowest BCUT2D eigenvalue weighted by molar-refractivity contribution is -0.154. The third-order valence-electron chi connectivity index (χ3n) is 8.61. The van der Waals surface area contributed by atoms with E-state index in [2.05, 4.69) is 86.8 Å². The van der Waals surface area contributed by atoms with Crippen LogP contribution < -0.4 is 5.73 Å². The zero-order chi connectivity index (χ0) is 39.5. The molecule has 0 aromatic carbocycles. The lowest BCUT2D eigenvalue weighted by atomic mass is 10.1. The number of rotatable bonds is 40. The van der Waals surface area contributed by atoms with Gasteiger partial charge in [-0.2, -0.15) is 0 Å². The maximum atomic E-state index is 12.6. The fourth-order valence-electron chi connectivity index (χ4n) is 5.49. The fourth-order valence-corrected chi connectivity index (χ4v) is 6.25. The number of nitrogens with two attached hydrogens (primary N) is 1. The maximum absolute atomic E-state index is 12.6. The van der Waals surface area contributed by atoms with Crippen LogP contribution in [0.4, 0.5) is 0 Å². The molecule has 54 heavy (non-hydrogen) atoms. The van der Waals surface area contributed by atoms with Crippen LogP contribution in [0.5, 0.6) is 0 Å². The molecule has 0 aromatic rings. The summed E-state index contributed by atoms with van der Waals surface area (Å²) in [6.07, 6.45) is 52.0. The molecule has 312 valence electrons. The molecule has 2 unspecified atom stereocenters. The van der Waals surface area contributed by atoms with Crippen LogP contribution in [-0.2, 0) is 27.9 Å². The summed E-state index contributed by atoms with van der Waals surface area (Å²) in [5.41, 5.74) is 5.37. The summed E-state index contributed by atoms with van der Waals surface area (Å²) in [4.78, 5) is 22.5. The van der Waals surface area contributed by atoms with Crippen molar-refractivity contribution in [2.45, 2.75) is 174 Å². The number of allylic oxidation sites excluding steroid dienone is 12. The molecule has 0 aliphatic carbocycles. The molecule has 3 N–H and O–H groups in total. The first kappa shape index (κ1) is 51.9. The summed E-state index contributed by atoms with van der Waals surface area (Å²) in [6.45, 7) is 4.72. The summed E-state index contributed by atoms with van der Waals surface area (Å²) in [5, 5.41) is 0. The first-order chi connectivity index (χ1) is 26.4. The molecule has 0 bridgehead atoms. The minimum absolute atomic E-state index is 0.0918. The van der Waals surface area contributed by atoms with Crippen molar-refractivity contribution in [1.29, 1.82) is 0 Å². The molecular weight excluding hydrogens is 697 g/mol. The summed E-state index contributed by atoms with van der Waals surface area (Å²) < 4.78 is 33.4. The number of phosphoric ester groups is 1. The summed E-state index contributed by atoms with van der Waals surface area (Å²) in [7, 11) is -4.29. The average Bonchev–Trinajstić information content (AvgIpc) is 3.16. The zero-order valence-corrected chi connectivity index (χ0v) is 35.3. The molecule has 2 atom stereocenters. The molecule has 0 heterocycles. The van der Waals surface area contributed by atoms with Gasteiger partial charge in [-0.25, -0.2) is 4.57 Å². The summed E-state index contributed by atoms with van der Waals surface area (Å²) in [5.74, 6) is -0.351. The highest BCUT2D eigenvalue weighted by Crippen LogP contribution is 2.43. The molecule has 0 rings (SSSR count). The van der Waals surface area contributed by atoms with Crippen molar-refractivity contribution >= 4 is 13.8 Å². The second kappa shape index (κ2) is 42.1. The number of unbranched alkanes of at least 4 members (excludes halogenated alkanes) is 15. The van der Waals surface area contributed by atoms with Crippen LogP contribution >= 0.6 is 7.82 Å². The Morgan fingerprint density at radius 2 is 1.04 bits per heavy atom. The predicted octanol–water partition coefficient (Wildman–Crippen LogP) is 12.7. The van der Waals surface area contributed by atoms with Gasteiger partial charge in [0.05, 0.1) is 19.8 Å². The van der Waals surface area contributed by atoms with Crippen LogP contribution in [-0.4, -0.2) is 49.9 Å². The molecule has 0 radical (unpaired) electrons. The van der Waals surface area contributed by atoms with Gasteiger partial charge >= 0.3 is 13.8 Å². The number of ether oxygens (including phenoxy) is 2. The van der Waals surface area contributed by atoms with Gasteiger partial charge < -0.3 is 20.1 Å². The highest BCUT2D eigenvalue weighted by Gasteiger charge is 2.25. The van der Waals surface area contributed by atoms with Crippen LogP contribution in [0.15, 0.2) is 72.9 Å². The lowest BCUT2D eigenvalue weighted by Gasteiger charge is -2.20. The molecule has 0 saturated heterocycles. The van der Waals surface area contributed by atoms with Crippen molar-refractivity contribution in [2.75, 3.05) is 33.0 Å². The smallest absolute Gasteiger partial charge is 0.457 e. The monoisotopic (exact) mass is 778 g/mol. The Hall–Kier alpha value is -2.06. The molecule has 9 heteroatoms. The number of esters is 1. The van der Waals surface area contributed by atoms with E-state index in [9.17, 15) is 14.3 Å². The normalized spacial score (nSPS) is 14.2. The number of hydrogen-bond donors (Lipinski definition) is 2. The molecule has 0 saturated carbocycles. The largest absolute Gasteiger partial charge is 0.472 e. The molecule has 0 aliphatic heterocycles. The minimum Gasteiger partial charge on any atom is -0.457 e. The summed E-state index contributed by atoms with van der Waals surface area (Å²) in [6, 6.07) is 0.